The average molecular weight is 414 g/mol. The zero-order valence-electron chi connectivity index (χ0n) is 16.4. The van der Waals surface area contributed by atoms with Crippen molar-refractivity contribution in [1.82, 2.24) is 19.7 Å². The number of likely N-dealkylation sites (tertiary alicyclic amines) is 1. The third-order valence-electron chi connectivity index (χ3n) is 6.55. The Morgan fingerprint density at radius 3 is 2.47 bits per heavy atom. The van der Waals surface area contributed by atoms with Crippen LogP contribution in [0.1, 0.15) is 40.4 Å². The molecular weight excluding hydrogens is 393 g/mol. The minimum atomic E-state index is -4.34. The smallest absolute Gasteiger partial charge is 0.337 e. The first-order valence-electron chi connectivity index (χ1n) is 10.1. The van der Waals surface area contributed by atoms with E-state index in [4.69, 9.17) is 0 Å². The zero-order valence-corrected chi connectivity index (χ0v) is 16.4. The molecule has 5 rings (SSSR count). The number of rotatable bonds is 2. The lowest BCUT2D eigenvalue weighted by Gasteiger charge is -2.21. The molecule has 2 fully saturated rings. The van der Waals surface area contributed by atoms with Crippen LogP contribution < -0.4 is 0 Å². The van der Waals surface area contributed by atoms with Crippen LogP contribution in [0.5, 0.6) is 0 Å². The van der Waals surface area contributed by atoms with Crippen LogP contribution in [0.2, 0.25) is 0 Å². The van der Waals surface area contributed by atoms with Gasteiger partial charge >= 0.3 is 6.18 Å². The highest BCUT2D eigenvalue weighted by Crippen LogP contribution is 2.49. The van der Waals surface area contributed by atoms with Crippen molar-refractivity contribution in [3.05, 3.63) is 59.4 Å². The van der Waals surface area contributed by atoms with Crippen molar-refractivity contribution < 1.29 is 18.0 Å². The average Bonchev–Trinajstić information content (AvgIpc) is 3.39. The van der Waals surface area contributed by atoms with Gasteiger partial charge in [-0.15, -0.1) is 0 Å². The lowest BCUT2D eigenvalue weighted by molar-refractivity contribution is -0.138. The molecule has 30 heavy (non-hydrogen) atoms. The van der Waals surface area contributed by atoms with Gasteiger partial charge in [-0.1, -0.05) is 18.2 Å². The van der Waals surface area contributed by atoms with Crippen molar-refractivity contribution in [1.29, 1.82) is 0 Å². The Balaban J connectivity index is 1.34. The molecule has 8 heteroatoms. The number of aromatic nitrogens is 3. The van der Waals surface area contributed by atoms with Gasteiger partial charge in [-0.25, -0.2) is 9.67 Å². The molecule has 3 heterocycles. The third kappa shape index (κ3) is 3.05. The topological polar surface area (TPSA) is 51.0 Å². The van der Waals surface area contributed by atoms with Crippen LogP contribution in [-0.4, -0.2) is 38.7 Å². The van der Waals surface area contributed by atoms with E-state index >= 15 is 0 Å². The molecule has 3 aromatic rings. The molecule has 0 bridgehead atoms. The minimum Gasteiger partial charge on any atom is -0.337 e. The van der Waals surface area contributed by atoms with E-state index in [-0.39, 0.29) is 23.7 Å². The van der Waals surface area contributed by atoms with E-state index in [2.05, 4.69) is 10.1 Å². The van der Waals surface area contributed by atoms with E-state index in [1.54, 1.807) is 41.0 Å². The first-order valence-corrected chi connectivity index (χ1v) is 10.1. The fourth-order valence-corrected chi connectivity index (χ4v) is 5.23. The second-order valence-electron chi connectivity index (χ2n) is 8.33. The number of aryl methyl sites for hydroxylation is 1. The molecule has 1 unspecified atom stereocenters. The first kappa shape index (κ1) is 19.1. The molecule has 2 aromatic heterocycles. The molecule has 1 aliphatic carbocycles. The molecular formula is C22H21F3N4O. The van der Waals surface area contributed by atoms with Gasteiger partial charge in [-0.2, -0.15) is 18.3 Å². The second-order valence-corrected chi connectivity index (χ2v) is 8.33. The first-order chi connectivity index (χ1) is 14.3. The summed E-state index contributed by atoms with van der Waals surface area (Å²) in [5.74, 6) is 0.187. The summed E-state index contributed by atoms with van der Waals surface area (Å²) in [7, 11) is 1.76. The molecule has 0 radical (unpaired) electrons. The van der Waals surface area contributed by atoms with Gasteiger partial charge in [0.15, 0.2) is 11.3 Å². The maximum atomic E-state index is 13.4. The summed E-state index contributed by atoms with van der Waals surface area (Å²) in [4.78, 5) is 19.2. The van der Waals surface area contributed by atoms with Crippen molar-refractivity contribution in [2.75, 3.05) is 13.1 Å². The molecule has 1 aromatic carbocycles. The third-order valence-corrected chi connectivity index (χ3v) is 6.55. The molecule has 0 N–H and O–H groups in total. The Morgan fingerprint density at radius 2 is 1.77 bits per heavy atom. The van der Waals surface area contributed by atoms with E-state index in [9.17, 15) is 18.0 Å². The fourth-order valence-electron chi connectivity index (χ4n) is 5.23. The van der Waals surface area contributed by atoms with Crippen LogP contribution in [0.3, 0.4) is 0 Å². The second kappa shape index (κ2) is 6.82. The predicted molar refractivity (Wildman–Crippen MR) is 105 cm³/mol. The van der Waals surface area contributed by atoms with Crippen molar-refractivity contribution in [2.45, 2.75) is 24.9 Å². The van der Waals surface area contributed by atoms with Gasteiger partial charge in [-0.3, -0.25) is 4.79 Å². The summed E-state index contributed by atoms with van der Waals surface area (Å²) < 4.78 is 41.8. The highest BCUT2D eigenvalue weighted by Gasteiger charge is 2.45. The van der Waals surface area contributed by atoms with E-state index in [0.717, 1.165) is 5.39 Å². The number of halogens is 3. The molecule has 5 nitrogen and oxygen atoms in total. The standard InChI is InChI=1S/C22H21F3N4O/c1-28-20-17(6-4-8-26-20)19(27-28)21(30)29-11-14-9-13(10-15(14)12-29)16-5-2-3-7-18(16)22(23,24)25/h2-8,13-15H,9-12H2,1H3/t13?,14-,15+. The number of benzene rings is 1. The Hall–Kier alpha value is -2.90. The van der Waals surface area contributed by atoms with Crippen molar-refractivity contribution >= 4 is 16.9 Å². The maximum absolute atomic E-state index is 13.4. The number of alkyl halides is 3. The zero-order chi connectivity index (χ0) is 21.0. The minimum absolute atomic E-state index is 0.116. The van der Waals surface area contributed by atoms with Gasteiger partial charge in [0.2, 0.25) is 0 Å². The summed E-state index contributed by atoms with van der Waals surface area (Å²) in [6.45, 7) is 1.12. The maximum Gasteiger partial charge on any atom is 0.416 e. The van der Waals surface area contributed by atoms with Crippen molar-refractivity contribution in [2.24, 2.45) is 18.9 Å². The molecule has 1 saturated carbocycles. The van der Waals surface area contributed by atoms with Gasteiger partial charge in [0.25, 0.3) is 5.91 Å². The van der Waals surface area contributed by atoms with E-state index < -0.39 is 11.7 Å². The van der Waals surface area contributed by atoms with E-state index in [1.807, 2.05) is 6.07 Å². The Morgan fingerprint density at radius 1 is 1.07 bits per heavy atom. The number of amides is 1. The fraction of sp³-hybridized carbons (Fsp3) is 0.409. The molecule has 1 saturated heterocycles. The van der Waals surface area contributed by atoms with Gasteiger partial charge in [0.05, 0.1) is 10.9 Å². The van der Waals surface area contributed by atoms with Gasteiger partial charge in [0.1, 0.15) is 0 Å². The summed E-state index contributed by atoms with van der Waals surface area (Å²) >= 11 is 0. The van der Waals surface area contributed by atoms with Crippen LogP contribution in [0.15, 0.2) is 42.6 Å². The van der Waals surface area contributed by atoms with Crippen LogP contribution in [-0.2, 0) is 13.2 Å². The quantitative estimate of drug-likeness (QED) is 0.630. The SMILES string of the molecule is Cn1nc(C(=O)N2C[C@H]3CC(c4ccccc4C(F)(F)F)C[C@H]3C2)c2cccnc21. The van der Waals surface area contributed by atoms with Crippen molar-refractivity contribution in [3.8, 4) is 0 Å². The highest BCUT2D eigenvalue weighted by molar-refractivity contribution is 6.04. The van der Waals surface area contributed by atoms with Gasteiger partial charge in [0, 0.05) is 26.3 Å². The monoisotopic (exact) mass is 414 g/mol. The van der Waals surface area contributed by atoms with Crippen LogP contribution in [0.25, 0.3) is 11.0 Å². The lowest BCUT2D eigenvalue weighted by atomic mass is 9.91. The van der Waals surface area contributed by atoms with Crippen LogP contribution in [0.4, 0.5) is 13.2 Å². The van der Waals surface area contributed by atoms with Gasteiger partial charge in [-0.05, 0) is 54.4 Å². The van der Waals surface area contributed by atoms with E-state index in [0.29, 0.717) is 42.8 Å². The summed E-state index contributed by atoms with van der Waals surface area (Å²) in [5.41, 5.74) is 0.901. The number of pyridine rings is 1. The summed E-state index contributed by atoms with van der Waals surface area (Å²) in [5, 5.41) is 5.09. The van der Waals surface area contributed by atoms with E-state index in [1.165, 1.54) is 12.1 Å². The number of fused-ring (bicyclic) bond motifs is 2. The molecule has 3 atom stereocenters. The summed E-state index contributed by atoms with van der Waals surface area (Å²) in [6, 6.07) is 9.50. The number of hydrogen-bond donors (Lipinski definition) is 0. The van der Waals surface area contributed by atoms with Crippen LogP contribution in [0, 0.1) is 11.8 Å². The lowest BCUT2D eigenvalue weighted by Crippen LogP contribution is -2.30. The summed E-state index contributed by atoms with van der Waals surface area (Å²) in [6.07, 6.45) is -1.33. The van der Waals surface area contributed by atoms with Crippen LogP contribution >= 0.6 is 0 Å². The largest absolute Gasteiger partial charge is 0.416 e. The molecule has 1 aliphatic heterocycles. The normalized spacial score (nSPS) is 23.9. The molecule has 156 valence electrons. The Bertz CT molecular complexity index is 1110. The molecule has 1 amide bonds. The highest BCUT2D eigenvalue weighted by atomic mass is 19.4. The number of carbonyl (C=O) groups excluding carboxylic acids is 1. The predicted octanol–water partition coefficient (Wildman–Crippen LogP) is 4.25. The van der Waals surface area contributed by atoms with Crippen molar-refractivity contribution in [3.63, 3.8) is 0 Å². The number of nitrogens with zero attached hydrogens (tertiary/aromatic N) is 4. The molecule has 2 aliphatic rings. The number of carbonyl (C=O) groups is 1. The van der Waals surface area contributed by atoms with Gasteiger partial charge < -0.3 is 4.90 Å². The molecule has 0 spiro atoms. The Kier molecular flexibility index (Phi) is 4.34. The number of hydrogen-bond acceptors (Lipinski definition) is 3. The Labute approximate surface area is 171 Å².